The molecule has 2 aromatic heterocycles. The lowest BCUT2D eigenvalue weighted by Gasteiger charge is -2.35. The minimum absolute atomic E-state index is 0. The molecule has 2 aliphatic heterocycles. The second-order valence-electron chi connectivity index (χ2n) is 11.1. The Morgan fingerprint density at radius 2 is 1.70 bits per heavy atom. The summed E-state index contributed by atoms with van der Waals surface area (Å²) >= 11 is 1.44. The number of carbonyl (C=O) groups excluding carboxylic acids is 1. The van der Waals surface area contributed by atoms with E-state index in [2.05, 4.69) is 46.4 Å². The summed E-state index contributed by atoms with van der Waals surface area (Å²) in [5, 5.41) is 9.80. The largest absolute Gasteiger partial charge is 0.477 e. The number of thiophene rings is 1. The predicted octanol–water partition coefficient (Wildman–Crippen LogP) is 6.25. The number of aromatic nitrogens is 1. The molecule has 1 N–H and O–H groups in total. The number of rotatable bonds is 5. The number of carboxylic acid groups (broad SMARTS) is 1. The molecule has 3 aromatic rings. The summed E-state index contributed by atoms with van der Waals surface area (Å²) in [6, 6.07) is 8.52. The van der Waals surface area contributed by atoms with Crippen molar-refractivity contribution in [2.75, 3.05) is 50.7 Å². The van der Waals surface area contributed by atoms with Gasteiger partial charge in [0.05, 0.1) is 22.5 Å². The number of likely N-dealkylation sites (N-methyl/N-ethyl adjacent to an activating group) is 1. The first-order valence-corrected chi connectivity index (χ1v) is 15.0. The maximum atomic E-state index is 13.5. The third-order valence-corrected chi connectivity index (χ3v) is 9.98. The fraction of sp³-hybridized carbons (Fsp3) is 0.533. The normalized spacial score (nSPS) is 17.9. The average molecular weight is 608 g/mol. The van der Waals surface area contributed by atoms with Gasteiger partial charge in [-0.25, -0.2) is 4.79 Å². The van der Waals surface area contributed by atoms with Crippen molar-refractivity contribution in [2.24, 2.45) is 0 Å². The second kappa shape index (κ2) is 12.7. The Kier molecular flexibility index (Phi) is 9.76. The van der Waals surface area contributed by atoms with Gasteiger partial charge in [-0.1, -0.05) is 38.3 Å². The number of halogens is 2. The SMILES string of the molecule is CCN1CCN(C(=O)CN2CCn3c(c(C4CCCCC4)c4sc(C(=O)O)cc43)-c3ccc(C)cc32)CC1.Cl.Cl. The highest BCUT2D eigenvalue weighted by Gasteiger charge is 2.33. The van der Waals surface area contributed by atoms with Gasteiger partial charge in [0.25, 0.3) is 0 Å². The van der Waals surface area contributed by atoms with Gasteiger partial charge in [-0.3, -0.25) is 4.79 Å². The molecule has 1 aliphatic carbocycles. The number of carbonyl (C=O) groups is 2. The van der Waals surface area contributed by atoms with Crippen LogP contribution >= 0.6 is 36.2 Å². The number of nitrogens with zero attached hydrogens (tertiary/aromatic N) is 4. The first-order chi connectivity index (χ1) is 18.4. The highest BCUT2D eigenvalue weighted by Crippen LogP contribution is 2.49. The molecule has 1 saturated heterocycles. The van der Waals surface area contributed by atoms with Crippen LogP contribution in [0.15, 0.2) is 24.3 Å². The highest BCUT2D eigenvalue weighted by molar-refractivity contribution is 7.21. The number of fused-ring (bicyclic) bond motifs is 5. The number of aryl methyl sites for hydroxylation is 1. The van der Waals surface area contributed by atoms with Crippen molar-refractivity contribution in [3.05, 3.63) is 40.3 Å². The molecule has 10 heteroatoms. The van der Waals surface area contributed by atoms with Gasteiger partial charge < -0.3 is 24.4 Å². The Labute approximate surface area is 252 Å². The van der Waals surface area contributed by atoms with Crippen LogP contribution in [0.25, 0.3) is 21.5 Å². The molecule has 1 aromatic carbocycles. The molecule has 40 heavy (non-hydrogen) atoms. The van der Waals surface area contributed by atoms with Gasteiger partial charge in [0.1, 0.15) is 4.88 Å². The van der Waals surface area contributed by atoms with Crippen molar-refractivity contribution in [2.45, 2.75) is 58.4 Å². The zero-order chi connectivity index (χ0) is 26.4. The van der Waals surface area contributed by atoms with E-state index in [1.54, 1.807) is 0 Å². The molecule has 0 unspecified atom stereocenters. The van der Waals surface area contributed by atoms with Crippen LogP contribution in [0.2, 0.25) is 0 Å². The van der Waals surface area contributed by atoms with Gasteiger partial charge >= 0.3 is 5.97 Å². The van der Waals surface area contributed by atoms with E-state index >= 15 is 0 Å². The summed E-state index contributed by atoms with van der Waals surface area (Å²) in [5.74, 6) is -0.212. The van der Waals surface area contributed by atoms with E-state index in [4.69, 9.17) is 0 Å². The fourth-order valence-electron chi connectivity index (χ4n) is 6.73. The first-order valence-electron chi connectivity index (χ1n) is 14.2. The van der Waals surface area contributed by atoms with Crippen LogP contribution < -0.4 is 4.90 Å². The molecule has 1 saturated carbocycles. The topological polar surface area (TPSA) is 69.0 Å². The Morgan fingerprint density at radius 1 is 0.975 bits per heavy atom. The van der Waals surface area contributed by atoms with E-state index in [-0.39, 0.29) is 30.7 Å². The van der Waals surface area contributed by atoms with Gasteiger partial charge in [-0.15, -0.1) is 36.2 Å². The molecule has 2 fully saturated rings. The predicted molar refractivity (Wildman–Crippen MR) is 168 cm³/mol. The summed E-state index contributed by atoms with van der Waals surface area (Å²) in [6.45, 7) is 10.6. The Morgan fingerprint density at radius 3 is 2.38 bits per heavy atom. The number of hydrogen-bond donors (Lipinski definition) is 1. The van der Waals surface area contributed by atoms with Crippen LogP contribution in [0.5, 0.6) is 0 Å². The lowest BCUT2D eigenvalue weighted by atomic mass is 9.83. The quantitative estimate of drug-likeness (QED) is 0.372. The van der Waals surface area contributed by atoms with Gasteiger partial charge in [-0.2, -0.15) is 0 Å². The molecule has 0 radical (unpaired) electrons. The summed E-state index contributed by atoms with van der Waals surface area (Å²) in [7, 11) is 0. The molecule has 4 heterocycles. The van der Waals surface area contributed by atoms with Crippen LogP contribution in [0.4, 0.5) is 5.69 Å². The van der Waals surface area contributed by atoms with Crippen molar-refractivity contribution in [3.8, 4) is 11.3 Å². The minimum atomic E-state index is -0.852. The lowest BCUT2D eigenvalue weighted by molar-refractivity contribution is -0.131. The van der Waals surface area contributed by atoms with Gasteiger partial charge in [-0.05, 0) is 55.5 Å². The third kappa shape index (κ3) is 5.60. The molecular weight excluding hydrogens is 567 g/mol. The number of anilines is 1. The Hall–Kier alpha value is -2.26. The zero-order valence-corrected chi connectivity index (χ0v) is 25.8. The number of piperazine rings is 1. The molecule has 0 atom stereocenters. The van der Waals surface area contributed by atoms with Crippen molar-refractivity contribution in [1.29, 1.82) is 0 Å². The van der Waals surface area contributed by atoms with Crippen molar-refractivity contribution < 1.29 is 14.7 Å². The zero-order valence-electron chi connectivity index (χ0n) is 23.4. The monoisotopic (exact) mass is 606 g/mol. The van der Waals surface area contributed by atoms with E-state index in [9.17, 15) is 14.7 Å². The molecule has 0 bridgehead atoms. The number of hydrogen-bond acceptors (Lipinski definition) is 5. The van der Waals surface area contributed by atoms with E-state index in [1.807, 2.05) is 11.0 Å². The lowest BCUT2D eigenvalue weighted by Crippen LogP contribution is -2.51. The minimum Gasteiger partial charge on any atom is -0.477 e. The second-order valence-corrected chi connectivity index (χ2v) is 12.2. The van der Waals surface area contributed by atoms with Crippen LogP contribution in [0.1, 0.15) is 65.7 Å². The molecule has 3 aliphatic rings. The van der Waals surface area contributed by atoms with Gasteiger partial charge in [0.2, 0.25) is 5.91 Å². The molecule has 6 rings (SSSR count). The van der Waals surface area contributed by atoms with Crippen LogP contribution in [0, 0.1) is 6.92 Å². The molecule has 218 valence electrons. The van der Waals surface area contributed by atoms with Crippen molar-refractivity contribution in [3.63, 3.8) is 0 Å². The number of aromatic carboxylic acids is 1. The maximum Gasteiger partial charge on any atom is 0.345 e. The third-order valence-electron chi connectivity index (χ3n) is 8.84. The van der Waals surface area contributed by atoms with Gasteiger partial charge in [0, 0.05) is 50.5 Å². The number of amides is 1. The Bertz CT molecular complexity index is 1370. The molecule has 0 spiro atoms. The standard InChI is InChI=1S/C30H38N4O3S.2ClH/c1-3-31-11-13-32(14-12-31)26(35)19-33-15-16-34-24-18-25(30(36)37)38-29(24)27(21-7-5-4-6-8-21)28(34)22-10-9-20(2)17-23(22)33;;/h9-10,17-18,21H,3-8,11-16,19H2,1-2H3,(H,36,37);2*1H. The van der Waals surface area contributed by atoms with E-state index in [1.165, 1.54) is 53.0 Å². The molecular formula is C30H40Cl2N4O3S. The average Bonchev–Trinajstić information content (AvgIpc) is 3.45. The van der Waals surface area contributed by atoms with Crippen LogP contribution in [0.3, 0.4) is 0 Å². The summed E-state index contributed by atoms with van der Waals surface area (Å²) in [6.07, 6.45) is 6.03. The van der Waals surface area contributed by atoms with Crippen molar-refractivity contribution >= 4 is 63.9 Å². The van der Waals surface area contributed by atoms with Crippen LogP contribution in [-0.2, 0) is 11.3 Å². The smallest absolute Gasteiger partial charge is 0.345 e. The van der Waals surface area contributed by atoms with E-state index in [0.717, 1.165) is 74.6 Å². The first kappa shape index (κ1) is 30.7. The Balaban J connectivity index is 0.00000185. The molecule has 1 amide bonds. The summed E-state index contributed by atoms with van der Waals surface area (Å²) < 4.78 is 3.51. The van der Waals surface area contributed by atoms with Gasteiger partial charge in [0.15, 0.2) is 0 Å². The van der Waals surface area contributed by atoms with E-state index < -0.39 is 5.97 Å². The highest BCUT2D eigenvalue weighted by atomic mass is 35.5. The fourth-order valence-corrected chi connectivity index (χ4v) is 7.86. The number of carboxylic acids is 1. The number of benzene rings is 1. The summed E-state index contributed by atoms with van der Waals surface area (Å²) in [4.78, 5) is 32.5. The summed E-state index contributed by atoms with van der Waals surface area (Å²) in [5.41, 5.74) is 7.12. The molecule has 7 nitrogen and oxygen atoms in total. The van der Waals surface area contributed by atoms with Crippen molar-refractivity contribution in [1.82, 2.24) is 14.4 Å². The maximum absolute atomic E-state index is 13.5. The van der Waals surface area contributed by atoms with Crippen LogP contribution in [-0.4, -0.2) is 77.2 Å². The van der Waals surface area contributed by atoms with E-state index in [0.29, 0.717) is 17.3 Å².